The molecule has 0 unspecified atom stereocenters. The van der Waals surface area contributed by atoms with Crippen molar-refractivity contribution in [3.8, 4) is 5.75 Å². The number of hydrogen-bond donors (Lipinski definition) is 2. The Hall–Kier alpha value is -3.47. The first-order chi connectivity index (χ1) is 15.7. The SMILES string of the molecule is CCOc1ccccc1NC(=O)[C@H](Nc1ccc(N2CCCCC2)cc1)c1ccccc1. The zero-order valence-corrected chi connectivity index (χ0v) is 18.6. The predicted molar refractivity (Wildman–Crippen MR) is 132 cm³/mol. The fourth-order valence-electron chi connectivity index (χ4n) is 4.09. The zero-order chi connectivity index (χ0) is 22.2. The summed E-state index contributed by atoms with van der Waals surface area (Å²) in [6, 6.07) is 25.2. The number of carbonyl (C=O) groups is 1. The lowest BCUT2D eigenvalue weighted by Crippen LogP contribution is -2.29. The van der Waals surface area contributed by atoms with Gasteiger partial charge < -0.3 is 20.3 Å². The number of amides is 1. The Balaban J connectivity index is 1.53. The van der Waals surface area contributed by atoms with Crippen LogP contribution in [0.3, 0.4) is 0 Å². The highest BCUT2D eigenvalue weighted by Gasteiger charge is 2.22. The topological polar surface area (TPSA) is 53.6 Å². The summed E-state index contributed by atoms with van der Waals surface area (Å²) < 4.78 is 5.67. The van der Waals surface area contributed by atoms with Crippen LogP contribution >= 0.6 is 0 Å². The largest absolute Gasteiger partial charge is 0.492 e. The minimum atomic E-state index is -0.535. The molecule has 0 spiro atoms. The van der Waals surface area contributed by atoms with E-state index in [0.29, 0.717) is 18.0 Å². The maximum absolute atomic E-state index is 13.4. The minimum Gasteiger partial charge on any atom is -0.492 e. The summed E-state index contributed by atoms with van der Waals surface area (Å²) in [6.45, 7) is 4.69. The molecule has 5 heteroatoms. The van der Waals surface area contributed by atoms with E-state index in [9.17, 15) is 4.79 Å². The van der Waals surface area contributed by atoms with Gasteiger partial charge in [0.1, 0.15) is 11.8 Å². The highest BCUT2D eigenvalue weighted by molar-refractivity contribution is 5.98. The third-order valence-corrected chi connectivity index (χ3v) is 5.74. The van der Waals surface area contributed by atoms with E-state index >= 15 is 0 Å². The standard InChI is InChI=1S/C27H31N3O2/c1-2-32-25-14-8-7-13-24(25)29-27(31)26(21-11-5-3-6-12-21)28-22-15-17-23(18-16-22)30-19-9-4-10-20-30/h3,5-8,11-18,26,28H,2,4,9-10,19-20H2,1H3,(H,29,31)/t26-/m1/s1. The number of piperidine rings is 1. The van der Waals surface area contributed by atoms with Crippen molar-refractivity contribution in [2.75, 3.05) is 35.2 Å². The number of carbonyl (C=O) groups excluding carboxylic acids is 1. The second-order valence-corrected chi connectivity index (χ2v) is 8.00. The van der Waals surface area contributed by atoms with Crippen LogP contribution in [0.15, 0.2) is 78.9 Å². The molecular formula is C27H31N3O2. The number of benzene rings is 3. The molecule has 0 saturated carbocycles. The molecule has 0 aromatic heterocycles. The van der Waals surface area contributed by atoms with E-state index in [-0.39, 0.29) is 5.91 Å². The Morgan fingerprint density at radius 3 is 2.31 bits per heavy atom. The van der Waals surface area contributed by atoms with E-state index < -0.39 is 6.04 Å². The Morgan fingerprint density at radius 2 is 1.59 bits per heavy atom. The number of para-hydroxylation sites is 2. The van der Waals surface area contributed by atoms with Gasteiger partial charge in [-0.2, -0.15) is 0 Å². The highest BCUT2D eigenvalue weighted by atomic mass is 16.5. The third-order valence-electron chi connectivity index (χ3n) is 5.74. The molecule has 0 radical (unpaired) electrons. The van der Waals surface area contributed by atoms with Gasteiger partial charge in [0.15, 0.2) is 0 Å². The number of ether oxygens (including phenoxy) is 1. The average Bonchev–Trinajstić information content (AvgIpc) is 2.85. The van der Waals surface area contributed by atoms with Crippen LogP contribution in [0.5, 0.6) is 5.75 Å². The quantitative estimate of drug-likeness (QED) is 0.470. The van der Waals surface area contributed by atoms with Crippen molar-refractivity contribution in [3.05, 3.63) is 84.4 Å². The molecule has 3 aromatic rings. The molecule has 0 bridgehead atoms. The number of anilines is 3. The molecule has 5 nitrogen and oxygen atoms in total. The first-order valence-corrected chi connectivity index (χ1v) is 11.4. The van der Waals surface area contributed by atoms with E-state index in [2.05, 4.69) is 39.8 Å². The summed E-state index contributed by atoms with van der Waals surface area (Å²) in [4.78, 5) is 15.8. The van der Waals surface area contributed by atoms with Gasteiger partial charge in [0.05, 0.1) is 12.3 Å². The second-order valence-electron chi connectivity index (χ2n) is 8.00. The lowest BCUT2D eigenvalue weighted by molar-refractivity contribution is -0.117. The van der Waals surface area contributed by atoms with E-state index in [1.54, 1.807) is 0 Å². The zero-order valence-electron chi connectivity index (χ0n) is 18.6. The van der Waals surface area contributed by atoms with Crippen molar-refractivity contribution in [3.63, 3.8) is 0 Å². The fraction of sp³-hybridized carbons (Fsp3) is 0.296. The smallest absolute Gasteiger partial charge is 0.251 e. The number of nitrogens with zero attached hydrogens (tertiary/aromatic N) is 1. The molecule has 1 saturated heterocycles. The molecule has 0 aliphatic carbocycles. The van der Waals surface area contributed by atoms with Gasteiger partial charge in [-0.15, -0.1) is 0 Å². The summed E-state index contributed by atoms with van der Waals surface area (Å²) in [5, 5.41) is 6.47. The average molecular weight is 430 g/mol. The van der Waals surface area contributed by atoms with Gasteiger partial charge in [0.2, 0.25) is 0 Å². The van der Waals surface area contributed by atoms with Gasteiger partial charge in [-0.25, -0.2) is 0 Å². The number of hydrogen-bond acceptors (Lipinski definition) is 4. The fourth-order valence-corrected chi connectivity index (χ4v) is 4.09. The first-order valence-electron chi connectivity index (χ1n) is 11.4. The molecule has 2 N–H and O–H groups in total. The Bertz CT molecular complexity index is 999. The summed E-state index contributed by atoms with van der Waals surface area (Å²) in [7, 11) is 0. The monoisotopic (exact) mass is 429 g/mol. The van der Waals surface area contributed by atoms with Crippen LogP contribution in [0, 0.1) is 0 Å². The van der Waals surface area contributed by atoms with E-state index in [1.165, 1.54) is 24.9 Å². The Kier molecular flexibility index (Phi) is 7.28. The lowest BCUT2D eigenvalue weighted by atomic mass is 10.1. The van der Waals surface area contributed by atoms with Crippen molar-refractivity contribution in [1.29, 1.82) is 0 Å². The van der Waals surface area contributed by atoms with Crippen molar-refractivity contribution < 1.29 is 9.53 Å². The maximum atomic E-state index is 13.4. The van der Waals surface area contributed by atoms with E-state index in [0.717, 1.165) is 24.3 Å². The van der Waals surface area contributed by atoms with Gasteiger partial charge in [-0.3, -0.25) is 4.79 Å². The van der Waals surface area contributed by atoms with Crippen LogP contribution in [0.4, 0.5) is 17.1 Å². The molecule has 1 aliphatic heterocycles. The summed E-state index contributed by atoms with van der Waals surface area (Å²) >= 11 is 0. The molecule has 1 aliphatic rings. The highest BCUT2D eigenvalue weighted by Crippen LogP contribution is 2.28. The van der Waals surface area contributed by atoms with Crippen molar-refractivity contribution in [1.82, 2.24) is 0 Å². The molecular weight excluding hydrogens is 398 g/mol. The Labute approximate surface area is 190 Å². The summed E-state index contributed by atoms with van der Waals surface area (Å²) in [6.07, 6.45) is 3.81. The molecule has 32 heavy (non-hydrogen) atoms. The van der Waals surface area contributed by atoms with Crippen LogP contribution in [-0.4, -0.2) is 25.6 Å². The molecule has 1 fully saturated rings. The van der Waals surface area contributed by atoms with Crippen molar-refractivity contribution >= 4 is 23.0 Å². The van der Waals surface area contributed by atoms with Gasteiger partial charge in [0.25, 0.3) is 5.91 Å². The van der Waals surface area contributed by atoms with Gasteiger partial charge in [0, 0.05) is 24.5 Å². The molecule has 4 rings (SSSR count). The Morgan fingerprint density at radius 1 is 0.906 bits per heavy atom. The van der Waals surface area contributed by atoms with E-state index in [4.69, 9.17) is 4.74 Å². The lowest BCUT2D eigenvalue weighted by Gasteiger charge is -2.29. The van der Waals surface area contributed by atoms with Gasteiger partial charge in [-0.05, 0) is 68.1 Å². The number of rotatable bonds is 8. The van der Waals surface area contributed by atoms with E-state index in [1.807, 2.05) is 61.5 Å². The second kappa shape index (κ2) is 10.7. The van der Waals surface area contributed by atoms with Crippen LogP contribution in [0.1, 0.15) is 37.8 Å². The molecule has 1 atom stereocenters. The summed E-state index contributed by atoms with van der Waals surface area (Å²) in [5.41, 5.74) is 3.72. The maximum Gasteiger partial charge on any atom is 0.251 e. The minimum absolute atomic E-state index is 0.136. The van der Waals surface area contributed by atoms with Crippen LogP contribution in [-0.2, 0) is 4.79 Å². The number of nitrogens with one attached hydrogen (secondary N) is 2. The molecule has 166 valence electrons. The third kappa shape index (κ3) is 5.41. The van der Waals surface area contributed by atoms with Gasteiger partial charge in [-0.1, -0.05) is 42.5 Å². The normalized spacial score (nSPS) is 14.5. The molecule has 1 heterocycles. The first kappa shape index (κ1) is 21.8. The van der Waals surface area contributed by atoms with Crippen LogP contribution in [0.2, 0.25) is 0 Å². The van der Waals surface area contributed by atoms with Gasteiger partial charge >= 0.3 is 0 Å². The predicted octanol–water partition coefficient (Wildman–Crippen LogP) is 5.87. The summed E-state index contributed by atoms with van der Waals surface area (Å²) in [5.74, 6) is 0.532. The van der Waals surface area contributed by atoms with Crippen LogP contribution < -0.4 is 20.3 Å². The van der Waals surface area contributed by atoms with Crippen molar-refractivity contribution in [2.24, 2.45) is 0 Å². The molecule has 3 aromatic carbocycles. The van der Waals surface area contributed by atoms with Crippen LogP contribution in [0.25, 0.3) is 0 Å². The molecule has 1 amide bonds. The van der Waals surface area contributed by atoms with Crippen molar-refractivity contribution in [2.45, 2.75) is 32.2 Å².